The zero-order valence-corrected chi connectivity index (χ0v) is 23.0. The van der Waals surface area contributed by atoms with Gasteiger partial charge in [-0.25, -0.2) is 0 Å². The molecule has 4 rings (SSSR count). The van der Waals surface area contributed by atoms with Gasteiger partial charge in [-0.3, -0.25) is 0 Å². The molecule has 0 saturated heterocycles. The first kappa shape index (κ1) is 27.6. The van der Waals surface area contributed by atoms with E-state index in [1.54, 1.807) is 5.56 Å². The van der Waals surface area contributed by atoms with Gasteiger partial charge >= 0.3 is 26.2 Å². The number of hydrogen-bond acceptors (Lipinski definition) is 0. The summed E-state index contributed by atoms with van der Waals surface area (Å²) in [6.45, 7) is 11.2. The summed E-state index contributed by atoms with van der Waals surface area (Å²) in [4.78, 5) is 0. The molecule has 0 spiro atoms. The Bertz CT molecular complexity index is 825. The number of benzene rings is 2. The maximum atomic E-state index is 3.30. The summed E-state index contributed by atoms with van der Waals surface area (Å²) in [5, 5.41) is 0. The maximum Gasteiger partial charge on any atom is 4.00 e. The predicted octanol–water partition coefficient (Wildman–Crippen LogP) is 0.655. The summed E-state index contributed by atoms with van der Waals surface area (Å²) in [5.41, 5.74) is 13.1. The summed E-state index contributed by atoms with van der Waals surface area (Å²) in [7, 11) is 0. The van der Waals surface area contributed by atoms with E-state index >= 15 is 0 Å². The smallest absolute Gasteiger partial charge is 1.00 e. The Labute approximate surface area is 211 Å². The number of hydrogen-bond donors (Lipinski definition) is 0. The molecule has 3 aromatic rings. The van der Waals surface area contributed by atoms with Crippen molar-refractivity contribution in [3.8, 4) is 11.1 Å². The van der Waals surface area contributed by atoms with Crippen molar-refractivity contribution < 1.29 is 60.2 Å². The van der Waals surface area contributed by atoms with Gasteiger partial charge in [0.1, 0.15) is 0 Å². The second-order valence-corrected chi connectivity index (χ2v) is 7.12. The molecule has 0 saturated carbocycles. The molecule has 3 aromatic carbocycles. The zero-order chi connectivity index (χ0) is 18.0. The Morgan fingerprint density at radius 2 is 1.57 bits per heavy atom. The number of rotatable bonds is 2. The van der Waals surface area contributed by atoms with Crippen LogP contribution >= 0.6 is 0 Å². The topological polar surface area (TPSA) is 0 Å². The quantitative estimate of drug-likeness (QED) is 0.307. The molecule has 0 heterocycles. The van der Waals surface area contributed by atoms with Gasteiger partial charge in [-0.2, -0.15) is 57.6 Å². The van der Waals surface area contributed by atoms with Crippen molar-refractivity contribution >= 4 is 0 Å². The van der Waals surface area contributed by atoms with Gasteiger partial charge in [0, 0.05) is 0 Å². The minimum absolute atomic E-state index is 0. The third kappa shape index (κ3) is 5.61. The molecule has 0 aromatic heterocycles. The number of halogens is 2. The molecule has 1 aliphatic carbocycles. The molecule has 0 unspecified atom stereocenters. The molecule has 1 aliphatic rings. The van der Waals surface area contributed by atoms with Crippen molar-refractivity contribution in [3.05, 3.63) is 87.5 Å². The summed E-state index contributed by atoms with van der Waals surface area (Å²) in [6, 6.07) is 18.1. The van der Waals surface area contributed by atoms with Crippen LogP contribution in [0.3, 0.4) is 0 Å². The fourth-order valence-electron chi connectivity index (χ4n) is 3.92. The summed E-state index contributed by atoms with van der Waals surface area (Å²) >= 11 is 0. The molecule has 146 valence electrons. The van der Waals surface area contributed by atoms with Crippen molar-refractivity contribution in [1.82, 2.24) is 0 Å². The van der Waals surface area contributed by atoms with Crippen LogP contribution in [-0.4, -0.2) is 0 Å². The van der Waals surface area contributed by atoms with Crippen LogP contribution in [0.25, 0.3) is 11.1 Å². The predicted molar refractivity (Wildman–Crippen MR) is 108 cm³/mol. The van der Waals surface area contributed by atoms with Crippen LogP contribution in [0.15, 0.2) is 42.5 Å². The van der Waals surface area contributed by atoms with E-state index in [0.717, 1.165) is 6.42 Å². The van der Waals surface area contributed by atoms with Crippen molar-refractivity contribution in [3.63, 3.8) is 0 Å². The van der Waals surface area contributed by atoms with E-state index in [1.807, 2.05) is 6.07 Å². The van der Waals surface area contributed by atoms with Gasteiger partial charge in [-0.15, -0.1) is 5.56 Å². The first-order valence-electron chi connectivity index (χ1n) is 9.34. The van der Waals surface area contributed by atoms with Crippen LogP contribution < -0.4 is 34.0 Å². The van der Waals surface area contributed by atoms with Crippen LogP contribution in [0.2, 0.25) is 0 Å². The monoisotopic (exact) mass is 576 g/mol. The largest absolute Gasteiger partial charge is 4.00 e. The third-order valence-corrected chi connectivity index (χ3v) is 5.71. The van der Waals surface area contributed by atoms with Gasteiger partial charge in [-0.1, -0.05) is 82.9 Å². The van der Waals surface area contributed by atoms with Gasteiger partial charge < -0.3 is 34.0 Å². The van der Waals surface area contributed by atoms with Crippen molar-refractivity contribution in [2.75, 3.05) is 0 Å². The average Bonchev–Trinajstić information content (AvgIpc) is 3.10. The fourth-order valence-corrected chi connectivity index (χ4v) is 3.92. The standard InChI is InChI=1S/C13H9.C12H19.2BrH.Zr/c1-3-7-12-10(5-1)9-11-6-2-4-8-13(11)12;1-6-7-12-10(4)8(2)9(3)11(12)5;;;/h1-5,7-8H,9H2;6-7H2,1-5H3;2*1H;/q2*-1;;;+4/p-2. The van der Waals surface area contributed by atoms with Crippen LogP contribution in [0.4, 0.5) is 0 Å². The first-order valence-corrected chi connectivity index (χ1v) is 9.34. The molecule has 0 N–H and O–H groups in total. The van der Waals surface area contributed by atoms with E-state index in [1.165, 1.54) is 57.3 Å². The van der Waals surface area contributed by atoms with Crippen molar-refractivity contribution in [2.24, 2.45) is 0 Å². The minimum atomic E-state index is 0. The summed E-state index contributed by atoms with van der Waals surface area (Å²) in [5.74, 6) is 0. The molecule has 0 fully saturated rings. The number of fused-ring (bicyclic) bond motifs is 3. The molecule has 0 amide bonds. The Morgan fingerprint density at radius 1 is 0.929 bits per heavy atom. The molecule has 0 aliphatic heterocycles. The van der Waals surface area contributed by atoms with Crippen molar-refractivity contribution in [1.29, 1.82) is 0 Å². The fraction of sp³-hybridized carbons (Fsp3) is 0.320. The van der Waals surface area contributed by atoms with E-state index in [4.69, 9.17) is 0 Å². The molecule has 0 bridgehead atoms. The SMILES string of the molecule is CCCc1c(C)c(C)c(C)[c-]1C.[Br-].[Br-].[Zr+4].[c-]1cccc2c1Cc1ccccc1-2. The molecule has 0 atom stereocenters. The van der Waals surface area contributed by atoms with Crippen LogP contribution in [0.1, 0.15) is 52.3 Å². The summed E-state index contributed by atoms with van der Waals surface area (Å²) < 4.78 is 0. The van der Waals surface area contributed by atoms with E-state index in [0.29, 0.717) is 0 Å². The average molecular weight is 580 g/mol. The summed E-state index contributed by atoms with van der Waals surface area (Å²) in [6.07, 6.45) is 3.54. The Hall–Kier alpha value is -0.367. The van der Waals surface area contributed by atoms with E-state index in [-0.39, 0.29) is 60.2 Å². The Balaban J connectivity index is 0.000000472. The van der Waals surface area contributed by atoms with E-state index < -0.39 is 0 Å². The Kier molecular flexibility index (Phi) is 12.2. The minimum Gasteiger partial charge on any atom is -1.00 e. The van der Waals surface area contributed by atoms with Crippen LogP contribution in [0, 0.1) is 33.8 Å². The molecule has 0 nitrogen and oxygen atoms in total. The second kappa shape index (κ2) is 12.4. The molecular formula is C25H28Br2Zr. The van der Waals surface area contributed by atoms with Gasteiger partial charge in [0.25, 0.3) is 0 Å². The maximum absolute atomic E-state index is 3.30. The molecule has 3 heteroatoms. The Morgan fingerprint density at radius 3 is 2.18 bits per heavy atom. The van der Waals surface area contributed by atoms with E-state index in [9.17, 15) is 0 Å². The molecule has 28 heavy (non-hydrogen) atoms. The van der Waals surface area contributed by atoms with Gasteiger partial charge in [0.15, 0.2) is 0 Å². The van der Waals surface area contributed by atoms with Crippen molar-refractivity contribution in [2.45, 2.75) is 53.9 Å². The van der Waals surface area contributed by atoms with Gasteiger partial charge in [0.05, 0.1) is 0 Å². The van der Waals surface area contributed by atoms with Crippen LogP contribution in [0.5, 0.6) is 0 Å². The van der Waals surface area contributed by atoms with E-state index in [2.05, 4.69) is 77.1 Å². The zero-order valence-electron chi connectivity index (χ0n) is 17.4. The molecular weight excluding hydrogens is 551 g/mol. The van der Waals surface area contributed by atoms with Gasteiger partial charge in [0.2, 0.25) is 0 Å². The van der Waals surface area contributed by atoms with Crippen LogP contribution in [-0.2, 0) is 39.0 Å². The first-order chi connectivity index (χ1) is 12.0. The van der Waals surface area contributed by atoms with Gasteiger partial charge in [-0.05, 0) is 6.42 Å². The third-order valence-electron chi connectivity index (χ3n) is 5.71. The normalized spacial score (nSPS) is 10.3. The molecule has 0 radical (unpaired) electrons. The second-order valence-electron chi connectivity index (χ2n) is 7.12.